The fourth-order valence-corrected chi connectivity index (χ4v) is 2.55. The highest BCUT2D eigenvalue weighted by Crippen LogP contribution is 2.34. The van der Waals surface area contributed by atoms with Crippen molar-refractivity contribution in [2.75, 3.05) is 13.7 Å². The van der Waals surface area contributed by atoms with Gasteiger partial charge in [0.05, 0.1) is 6.42 Å². The Morgan fingerprint density at radius 3 is 3.06 bits per heavy atom. The molecule has 2 rings (SSSR count). The lowest BCUT2D eigenvalue weighted by Crippen LogP contribution is -2.13. The zero-order chi connectivity index (χ0) is 13.0. The normalized spacial score (nSPS) is 24.1. The molecule has 0 amide bonds. The van der Waals surface area contributed by atoms with Gasteiger partial charge in [0, 0.05) is 13.0 Å². The fourth-order valence-electron chi connectivity index (χ4n) is 2.55. The standard InChI is InChI=1S/C13H20N2O3/c1-9-4-3-5-10(6-9)13-14-12(18-15-13)7-11(16)8-17-2/h9-10H,3-8H2,1-2H3. The van der Waals surface area contributed by atoms with Crippen molar-refractivity contribution in [3.05, 3.63) is 11.7 Å². The van der Waals surface area contributed by atoms with E-state index in [4.69, 9.17) is 9.26 Å². The first-order valence-corrected chi connectivity index (χ1v) is 6.52. The Morgan fingerprint density at radius 2 is 2.33 bits per heavy atom. The summed E-state index contributed by atoms with van der Waals surface area (Å²) in [5, 5.41) is 4.01. The number of ether oxygens (including phenoxy) is 1. The molecule has 1 aromatic rings. The third kappa shape index (κ3) is 3.38. The average molecular weight is 252 g/mol. The van der Waals surface area contributed by atoms with Gasteiger partial charge >= 0.3 is 0 Å². The molecule has 5 heteroatoms. The van der Waals surface area contributed by atoms with E-state index in [0.29, 0.717) is 11.8 Å². The maximum atomic E-state index is 11.4. The summed E-state index contributed by atoms with van der Waals surface area (Å²) in [7, 11) is 1.50. The summed E-state index contributed by atoms with van der Waals surface area (Å²) in [5.74, 6) is 2.25. The number of rotatable bonds is 5. The minimum atomic E-state index is -0.0373. The Bertz CT molecular complexity index is 403. The smallest absolute Gasteiger partial charge is 0.234 e. The summed E-state index contributed by atoms with van der Waals surface area (Å²) >= 11 is 0. The average Bonchev–Trinajstić information content (AvgIpc) is 2.78. The summed E-state index contributed by atoms with van der Waals surface area (Å²) < 4.78 is 9.91. The summed E-state index contributed by atoms with van der Waals surface area (Å²) in [6.45, 7) is 2.35. The van der Waals surface area contributed by atoms with Crippen LogP contribution in [0, 0.1) is 5.92 Å². The van der Waals surface area contributed by atoms with Gasteiger partial charge in [-0.05, 0) is 18.8 Å². The Kier molecular flexibility index (Phi) is 4.47. The van der Waals surface area contributed by atoms with Gasteiger partial charge in [-0.3, -0.25) is 4.79 Å². The largest absolute Gasteiger partial charge is 0.377 e. The molecule has 0 spiro atoms. The molecule has 18 heavy (non-hydrogen) atoms. The van der Waals surface area contributed by atoms with E-state index in [1.807, 2.05) is 0 Å². The molecule has 1 fully saturated rings. The molecule has 1 aliphatic rings. The van der Waals surface area contributed by atoms with Crippen molar-refractivity contribution in [3.63, 3.8) is 0 Å². The van der Waals surface area contributed by atoms with E-state index in [1.165, 1.54) is 20.0 Å². The number of carbonyl (C=O) groups excluding carboxylic acids is 1. The molecule has 0 bridgehead atoms. The van der Waals surface area contributed by atoms with Crippen LogP contribution < -0.4 is 0 Å². The van der Waals surface area contributed by atoms with Crippen LogP contribution in [-0.4, -0.2) is 29.6 Å². The van der Waals surface area contributed by atoms with Gasteiger partial charge < -0.3 is 9.26 Å². The number of nitrogens with zero attached hydrogens (tertiary/aromatic N) is 2. The maximum Gasteiger partial charge on any atom is 0.234 e. The molecule has 2 unspecified atom stereocenters. The number of hydrogen-bond donors (Lipinski definition) is 0. The molecule has 1 saturated carbocycles. The van der Waals surface area contributed by atoms with Gasteiger partial charge in [0.2, 0.25) is 5.89 Å². The first kappa shape index (κ1) is 13.2. The SMILES string of the molecule is COCC(=O)Cc1nc(C2CCCC(C)C2)no1. The second-order valence-corrected chi connectivity index (χ2v) is 5.16. The zero-order valence-electron chi connectivity index (χ0n) is 11.0. The molecule has 1 aliphatic carbocycles. The first-order valence-electron chi connectivity index (χ1n) is 6.52. The van der Waals surface area contributed by atoms with Gasteiger partial charge in [-0.15, -0.1) is 0 Å². The van der Waals surface area contributed by atoms with Crippen molar-refractivity contribution in [1.82, 2.24) is 10.1 Å². The van der Waals surface area contributed by atoms with E-state index in [-0.39, 0.29) is 18.8 Å². The highest BCUT2D eigenvalue weighted by Gasteiger charge is 2.24. The van der Waals surface area contributed by atoms with Crippen molar-refractivity contribution in [1.29, 1.82) is 0 Å². The molecule has 5 nitrogen and oxygen atoms in total. The number of Topliss-reactive ketones (excluding diaryl/α,β-unsaturated/α-hetero) is 1. The molecule has 0 aromatic carbocycles. The first-order chi connectivity index (χ1) is 8.69. The molecular formula is C13H20N2O3. The van der Waals surface area contributed by atoms with Gasteiger partial charge in [-0.1, -0.05) is 24.9 Å². The van der Waals surface area contributed by atoms with Crippen molar-refractivity contribution in [2.45, 2.75) is 44.9 Å². The van der Waals surface area contributed by atoms with Gasteiger partial charge in [0.15, 0.2) is 11.6 Å². The molecule has 0 aliphatic heterocycles. The molecule has 100 valence electrons. The van der Waals surface area contributed by atoms with Gasteiger partial charge in [0.1, 0.15) is 6.61 Å². The van der Waals surface area contributed by atoms with Gasteiger partial charge in [0.25, 0.3) is 0 Å². The van der Waals surface area contributed by atoms with E-state index in [9.17, 15) is 4.79 Å². The van der Waals surface area contributed by atoms with E-state index in [1.54, 1.807) is 0 Å². The Labute approximate surface area is 107 Å². The number of ketones is 1. The van der Waals surface area contributed by atoms with Gasteiger partial charge in [-0.2, -0.15) is 4.98 Å². The third-order valence-corrected chi connectivity index (χ3v) is 3.44. The maximum absolute atomic E-state index is 11.4. The lowest BCUT2D eigenvalue weighted by molar-refractivity contribution is -0.122. The van der Waals surface area contributed by atoms with Crippen molar-refractivity contribution >= 4 is 5.78 Å². The molecule has 0 radical (unpaired) electrons. The third-order valence-electron chi connectivity index (χ3n) is 3.44. The number of methoxy groups -OCH3 is 1. The van der Waals surface area contributed by atoms with Crippen LogP contribution in [0.3, 0.4) is 0 Å². The molecule has 1 heterocycles. The monoisotopic (exact) mass is 252 g/mol. The second kappa shape index (κ2) is 6.09. The molecule has 0 saturated heterocycles. The number of aromatic nitrogens is 2. The van der Waals surface area contributed by atoms with E-state index >= 15 is 0 Å². The Hall–Kier alpha value is -1.23. The van der Waals surface area contributed by atoms with Crippen molar-refractivity contribution in [2.24, 2.45) is 5.92 Å². The van der Waals surface area contributed by atoms with Crippen LogP contribution in [0.1, 0.15) is 50.2 Å². The van der Waals surface area contributed by atoms with E-state index in [0.717, 1.165) is 24.6 Å². The summed E-state index contributed by atoms with van der Waals surface area (Å²) in [4.78, 5) is 15.7. The van der Waals surface area contributed by atoms with Crippen LogP contribution in [0.2, 0.25) is 0 Å². The molecule has 0 N–H and O–H groups in total. The van der Waals surface area contributed by atoms with Crippen LogP contribution >= 0.6 is 0 Å². The summed E-state index contributed by atoms with van der Waals surface area (Å²) in [6, 6.07) is 0. The molecular weight excluding hydrogens is 232 g/mol. The number of carbonyl (C=O) groups is 1. The topological polar surface area (TPSA) is 65.2 Å². The second-order valence-electron chi connectivity index (χ2n) is 5.16. The van der Waals surface area contributed by atoms with Crippen LogP contribution in [0.25, 0.3) is 0 Å². The zero-order valence-corrected chi connectivity index (χ0v) is 11.0. The lowest BCUT2D eigenvalue weighted by Gasteiger charge is -2.23. The fraction of sp³-hybridized carbons (Fsp3) is 0.769. The van der Waals surface area contributed by atoms with Crippen LogP contribution in [-0.2, 0) is 16.0 Å². The number of hydrogen-bond acceptors (Lipinski definition) is 5. The molecule has 1 aromatic heterocycles. The quantitative estimate of drug-likeness (QED) is 0.803. The summed E-state index contributed by atoms with van der Waals surface area (Å²) in [5.41, 5.74) is 0. The van der Waals surface area contributed by atoms with Crippen LogP contribution in [0.5, 0.6) is 0 Å². The Balaban J connectivity index is 1.95. The minimum Gasteiger partial charge on any atom is -0.377 e. The Morgan fingerprint density at radius 1 is 1.50 bits per heavy atom. The summed E-state index contributed by atoms with van der Waals surface area (Å²) in [6.07, 6.45) is 4.91. The van der Waals surface area contributed by atoms with Crippen LogP contribution in [0.4, 0.5) is 0 Å². The predicted octanol–water partition coefficient (Wildman–Crippen LogP) is 2.12. The lowest BCUT2D eigenvalue weighted by atomic mass is 9.82. The molecule has 2 atom stereocenters. The minimum absolute atomic E-state index is 0.0373. The van der Waals surface area contributed by atoms with E-state index in [2.05, 4.69) is 17.1 Å². The van der Waals surface area contributed by atoms with E-state index < -0.39 is 0 Å². The highest BCUT2D eigenvalue weighted by molar-refractivity contribution is 5.81. The highest BCUT2D eigenvalue weighted by atomic mass is 16.5. The van der Waals surface area contributed by atoms with Crippen molar-refractivity contribution in [3.8, 4) is 0 Å². The van der Waals surface area contributed by atoms with Crippen molar-refractivity contribution < 1.29 is 14.1 Å². The van der Waals surface area contributed by atoms with Gasteiger partial charge in [-0.25, -0.2) is 0 Å². The van der Waals surface area contributed by atoms with Crippen LogP contribution in [0.15, 0.2) is 4.52 Å². The predicted molar refractivity (Wildman–Crippen MR) is 65.3 cm³/mol.